The van der Waals surface area contributed by atoms with E-state index < -0.39 is 5.24 Å². The quantitative estimate of drug-likeness (QED) is 0.322. The molecule has 0 aromatic rings. The number of rotatable bonds is 4. The smallest absolute Gasteiger partial charge is 0.245 e. The van der Waals surface area contributed by atoms with Crippen LogP contribution in [0.5, 0.6) is 0 Å². The molecule has 6 saturated heterocycles. The van der Waals surface area contributed by atoms with Gasteiger partial charge in [0.05, 0.1) is 0 Å². The molecular weight excluding hydrogens is 520 g/mol. The maximum atomic E-state index is 12.0. The minimum absolute atomic E-state index is 0.0942. The molecule has 0 spiro atoms. The summed E-state index contributed by atoms with van der Waals surface area (Å²) < 4.78 is 0. The second kappa shape index (κ2) is 11.0. The number of carbonyl (C=O) groups excluding carboxylic acids is 4. The summed E-state index contributed by atoms with van der Waals surface area (Å²) in [4.78, 5) is 50.9. The molecule has 3 N–H and O–H groups in total. The van der Waals surface area contributed by atoms with Crippen LogP contribution in [-0.2, 0) is 19.2 Å². The first-order valence-corrected chi connectivity index (χ1v) is 13.6. The predicted octanol–water partition coefficient (Wildman–Crippen LogP) is -0.250. The first-order valence-electron chi connectivity index (χ1n) is 13.2. The van der Waals surface area contributed by atoms with E-state index in [1.54, 1.807) is 14.7 Å². The molecule has 0 saturated carbocycles. The van der Waals surface area contributed by atoms with Crippen molar-refractivity contribution in [1.82, 2.24) is 30.7 Å². The zero-order chi connectivity index (χ0) is 28.5. The fourth-order valence-corrected chi connectivity index (χ4v) is 7.64. The van der Waals surface area contributed by atoms with Crippen LogP contribution in [0.1, 0.15) is 0 Å². The Morgan fingerprint density at radius 3 is 0.923 bits per heavy atom. The molecule has 0 atom stereocenters. The number of hydrogen-bond donors (Lipinski definition) is 3. The lowest BCUT2D eigenvalue weighted by Gasteiger charge is -2.29. The van der Waals surface area contributed by atoms with Gasteiger partial charge in [0.25, 0.3) is 0 Å². The van der Waals surface area contributed by atoms with Gasteiger partial charge in [0.2, 0.25) is 23.0 Å². The number of nitrogens with one attached hydrogen (secondary N) is 3. The van der Waals surface area contributed by atoms with Crippen LogP contribution in [0.2, 0.25) is 0 Å². The molecule has 0 bridgehead atoms. The van der Waals surface area contributed by atoms with E-state index >= 15 is 0 Å². The first-order chi connectivity index (χ1) is 18.5. The van der Waals surface area contributed by atoms with Crippen molar-refractivity contribution in [2.45, 2.75) is 0 Å². The highest BCUT2D eigenvalue weighted by molar-refractivity contribution is 6.66. The standard InChI is InChI=1S/C17H21N3O3.C8H15N3.C3H3ClO/c1-4-13(21)18-7-16-9-19(14(22)5-2)10-17(16,8-18)12-20(11-16)15(23)6-3;1-7-2-10-5-8(7,4-9-1)6-11-3-7;1-2-3(4)5/h4-6H,1-3,7-12H2;9-11H,1-6H2;2H,1H2. The SMILES string of the molecule is C1NCC23CNCC12CNC3.C=CC(=O)Cl.C=CC(=O)N1CC23CN(C(=O)C=C)CC2(C1)CN(C(=O)C=C)C3. The Balaban J connectivity index is 0.000000180. The Morgan fingerprint density at radius 2 is 0.744 bits per heavy atom. The average molecular weight is 559 g/mol. The van der Waals surface area contributed by atoms with Crippen molar-refractivity contribution in [3.63, 3.8) is 0 Å². The van der Waals surface area contributed by atoms with E-state index in [0.29, 0.717) is 50.1 Å². The van der Waals surface area contributed by atoms with Gasteiger partial charge in [-0.1, -0.05) is 26.3 Å². The Morgan fingerprint density at radius 1 is 0.513 bits per heavy atom. The van der Waals surface area contributed by atoms with Crippen molar-refractivity contribution >= 4 is 34.6 Å². The van der Waals surface area contributed by atoms with Crippen LogP contribution < -0.4 is 16.0 Å². The van der Waals surface area contributed by atoms with Gasteiger partial charge in [-0.05, 0) is 35.9 Å². The summed E-state index contributed by atoms with van der Waals surface area (Å²) in [5, 5.41) is 10.1. The molecule has 6 aliphatic heterocycles. The number of carbonyl (C=O) groups is 4. The number of allylic oxidation sites excluding steroid dienone is 1. The van der Waals surface area contributed by atoms with Crippen LogP contribution >= 0.6 is 11.6 Å². The molecule has 10 nitrogen and oxygen atoms in total. The highest BCUT2D eigenvalue weighted by Crippen LogP contribution is 2.57. The summed E-state index contributed by atoms with van der Waals surface area (Å²) in [5.74, 6) is -0.283. The lowest BCUT2D eigenvalue weighted by molar-refractivity contribution is -0.128. The fourth-order valence-electron chi connectivity index (χ4n) is 7.64. The molecule has 212 valence electrons. The van der Waals surface area contributed by atoms with Crippen LogP contribution in [0.4, 0.5) is 0 Å². The first kappa shape index (κ1) is 29.2. The van der Waals surface area contributed by atoms with Gasteiger partial charge in [0, 0.05) is 100 Å². The molecule has 0 unspecified atom stereocenters. The van der Waals surface area contributed by atoms with E-state index in [-0.39, 0.29) is 28.6 Å². The maximum absolute atomic E-state index is 12.0. The lowest BCUT2D eigenvalue weighted by Crippen LogP contribution is -2.44. The largest absolute Gasteiger partial charge is 0.338 e. The summed E-state index contributed by atoms with van der Waals surface area (Å²) in [6.45, 7) is 24.3. The van der Waals surface area contributed by atoms with Crippen molar-refractivity contribution in [2.24, 2.45) is 21.7 Å². The van der Waals surface area contributed by atoms with E-state index in [9.17, 15) is 19.2 Å². The van der Waals surface area contributed by atoms with Gasteiger partial charge in [0.1, 0.15) is 0 Å². The lowest BCUT2D eigenvalue weighted by atomic mass is 9.71. The van der Waals surface area contributed by atoms with Gasteiger partial charge < -0.3 is 30.7 Å². The van der Waals surface area contributed by atoms with Crippen molar-refractivity contribution in [1.29, 1.82) is 0 Å². The van der Waals surface area contributed by atoms with E-state index in [4.69, 9.17) is 11.6 Å². The molecule has 6 heterocycles. The fraction of sp³-hybridized carbons (Fsp3) is 0.571. The number of nitrogens with zero attached hydrogens (tertiary/aromatic N) is 3. The van der Waals surface area contributed by atoms with E-state index in [1.165, 1.54) is 57.5 Å². The molecule has 6 fully saturated rings. The number of halogens is 1. The van der Waals surface area contributed by atoms with E-state index in [1.807, 2.05) is 0 Å². The van der Waals surface area contributed by atoms with Gasteiger partial charge in [-0.2, -0.15) is 0 Å². The van der Waals surface area contributed by atoms with Gasteiger partial charge in [-0.3, -0.25) is 19.2 Å². The molecule has 6 rings (SSSR count). The average Bonchev–Trinajstić information content (AvgIpc) is 3.68. The van der Waals surface area contributed by atoms with Crippen LogP contribution in [-0.4, -0.2) is 116 Å². The summed E-state index contributed by atoms with van der Waals surface area (Å²) in [6.07, 6.45) is 5.01. The molecule has 0 aliphatic carbocycles. The Bertz CT molecular complexity index is 937. The molecule has 0 aromatic heterocycles. The van der Waals surface area contributed by atoms with Crippen molar-refractivity contribution in [3.05, 3.63) is 50.6 Å². The summed E-state index contributed by atoms with van der Waals surface area (Å²) in [5.41, 5.74) is 0.575. The molecule has 0 radical (unpaired) electrons. The van der Waals surface area contributed by atoms with Crippen molar-refractivity contribution in [3.8, 4) is 0 Å². The third-order valence-electron chi connectivity index (χ3n) is 9.61. The van der Waals surface area contributed by atoms with Crippen LogP contribution in [0, 0.1) is 21.7 Å². The topological polar surface area (TPSA) is 114 Å². The number of likely N-dealkylation sites (tertiary alicyclic amines) is 3. The minimum Gasteiger partial charge on any atom is -0.338 e. The Hall–Kier alpha value is -2.79. The van der Waals surface area contributed by atoms with Gasteiger partial charge in [-0.25, -0.2) is 0 Å². The number of hydrogen-bond acceptors (Lipinski definition) is 7. The maximum Gasteiger partial charge on any atom is 0.245 e. The zero-order valence-electron chi connectivity index (χ0n) is 22.5. The molecule has 3 amide bonds. The Labute approximate surface area is 235 Å². The van der Waals surface area contributed by atoms with E-state index in [2.05, 4.69) is 42.3 Å². The van der Waals surface area contributed by atoms with Crippen LogP contribution in [0.3, 0.4) is 0 Å². The Kier molecular flexibility index (Phi) is 8.23. The molecule has 6 aliphatic rings. The van der Waals surface area contributed by atoms with Crippen molar-refractivity contribution < 1.29 is 19.2 Å². The highest BCUT2D eigenvalue weighted by Gasteiger charge is 2.68. The molecule has 39 heavy (non-hydrogen) atoms. The summed E-state index contributed by atoms with van der Waals surface area (Å²) in [6, 6.07) is 0. The second-order valence-electron chi connectivity index (χ2n) is 11.6. The van der Waals surface area contributed by atoms with Crippen LogP contribution in [0.15, 0.2) is 50.6 Å². The third kappa shape index (κ3) is 4.88. The summed E-state index contributed by atoms with van der Waals surface area (Å²) in [7, 11) is 0. The molecule has 11 heteroatoms. The van der Waals surface area contributed by atoms with Crippen LogP contribution in [0.25, 0.3) is 0 Å². The van der Waals surface area contributed by atoms with Gasteiger partial charge in [0.15, 0.2) is 0 Å². The highest BCUT2D eigenvalue weighted by atomic mass is 35.5. The van der Waals surface area contributed by atoms with Gasteiger partial charge >= 0.3 is 0 Å². The third-order valence-corrected chi connectivity index (χ3v) is 9.77. The molecule has 0 aromatic carbocycles. The summed E-state index contributed by atoms with van der Waals surface area (Å²) >= 11 is 4.71. The second-order valence-corrected chi connectivity index (χ2v) is 12.0. The normalized spacial score (nSPS) is 34.8. The van der Waals surface area contributed by atoms with E-state index in [0.717, 1.165) is 6.08 Å². The van der Waals surface area contributed by atoms with Crippen molar-refractivity contribution in [2.75, 3.05) is 78.5 Å². The minimum atomic E-state index is -0.509. The molecular formula is C28H39ClN6O4. The zero-order valence-corrected chi connectivity index (χ0v) is 23.2. The predicted molar refractivity (Wildman–Crippen MR) is 150 cm³/mol. The van der Waals surface area contributed by atoms with Gasteiger partial charge in [-0.15, -0.1) is 0 Å². The monoisotopic (exact) mass is 558 g/mol. The number of amides is 3.